The van der Waals surface area contributed by atoms with E-state index in [4.69, 9.17) is 0 Å². The molecule has 0 atom stereocenters. The van der Waals surface area contributed by atoms with Crippen LogP contribution in [0.2, 0.25) is 0 Å². The van der Waals surface area contributed by atoms with Crippen molar-refractivity contribution >= 4 is 23.0 Å². The van der Waals surface area contributed by atoms with Crippen LogP contribution in [0.25, 0.3) is 11.0 Å². The van der Waals surface area contributed by atoms with E-state index in [1.165, 1.54) is 18.4 Å². The van der Waals surface area contributed by atoms with Crippen molar-refractivity contribution in [1.29, 1.82) is 0 Å². The SMILES string of the molecule is CN(Cc1ccc(Cn2c(=O)[nH]c3ccccc32)cc1)SC1CC1. The number of benzene rings is 2. The van der Waals surface area contributed by atoms with Gasteiger partial charge in [-0.1, -0.05) is 48.3 Å². The second-order valence-electron chi connectivity index (χ2n) is 6.44. The maximum Gasteiger partial charge on any atom is 0.326 e. The van der Waals surface area contributed by atoms with Crippen LogP contribution in [-0.2, 0) is 13.1 Å². The second-order valence-corrected chi connectivity index (χ2v) is 7.94. The number of H-pyrrole nitrogens is 1. The fourth-order valence-electron chi connectivity index (χ4n) is 2.92. The third-order valence-electron chi connectivity index (χ3n) is 4.30. The van der Waals surface area contributed by atoms with Crippen LogP contribution >= 0.6 is 11.9 Å². The zero-order valence-corrected chi connectivity index (χ0v) is 14.6. The van der Waals surface area contributed by atoms with Crippen LogP contribution in [0.4, 0.5) is 0 Å². The number of aromatic amines is 1. The van der Waals surface area contributed by atoms with Crippen LogP contribution in [0.15, 0.2) is 53.3 Å². The Bertz CT molecular complexity index is 893. The lowest BCUT2D eigenvalue weighted by Gasteiger charge is -2.15. The summed E-state index contributed by atoms with van der Waals surface area (Å²) in [6.45, 7) is 1.55. The largest absolute Gasteiger partial charge is 0.326 e. The summed E-state index contributed by atoms with van der Waals surface area (Å²) in [6.07, 6.45) is 2.71. The van der Waals surface area contributed by atoms with Gasteiger partial charge in [-0.2, -0.15) is 0 Å². The smallest absolute Gasteiger partial charge is 0.306 e. The van der Waals surface area contributed by atoms with E-state index in [0.29, 0.717) is 6.54 Å². The van der Waals surface area contributed by atoms with Crippen molar-refractivity contribution in [2.75, 3.05) is 7.05 Å². The zero-order chi connectivity index (χ0) is 16.5. The summed E-state index contributed by atoms with van der Waals surface area (Å²) in [7, 11) is 2.16. The summed E-state index contributed by atoms with van der Waals surface area (Å²) in [5.41, 5.74) is 4.23. The molecule has 0 unspecified atom stereocenters. The summed E-state index contributed by atoms with van der Waals surface area (Å²) in [6, 6.07) is 16.4. The summed E-state index contributed by atoms with van der Waals surface area (Å²) in [5.74, 6) is 0. The average molecular weight is 339 g/mol. The third-order valence-corrected chi connectivity index (χ3v) is 5.56. The number of hydrogen-bond donors (Lipinski definition) is 1. The molecule has 1 heterocycles. The van der Waals surface area contributed by atoms with Crippen LogP contribution in [0.5, 0.6) is 0 Å². The number of para-hydroxylation sites is 2. The van der Waals surface area contributed by atoms with E-state index >= 15 is 0 Å². The second kappa shape index (κ2) is 6.49. The van der Waals surface area contributed by atoms with Gasteiger partial charge in [0.2, 0.25) is 0 Å². The first-order chi connectivity index (χ1) is 11.7. The minimum Gasteiger partial charge on any atom is -0.306 e. The molecule has 1 aliphatic carbocycles. The Kier molecular flexibility index (Phi) is 4.21. The molecular formula is C19H21N3OS. The van der Waals surface area contributed by atoms with Gasteiger partial charge in [-0.3, -0.25) is 4.57 Å². The molecule has 24 heavy (non-hydrogen) atoms. The number of hydrogen-bond acceptors (Lipinski definition) is 3. The molecule has 0 amide bonds. The van der Waals surface area contributed by atoms with E-state index in [1.807, 2.05) is 36.2 Å². The van der Waals surface area contributed by atoms with Gasteiger partial charge < -0.3 is 4.98 Å². The Labute approximate surface area is 145 Å². The molecule has 3 aromatic rings. The summed E-state index contributed by atoms with van der Waals surface area (Å²) < 4.78 is 4.11. The van der Waals surface area contributed by atoms with Crippen molar-refractivity contribution < 1.29 is 0 Å². The van der Waals surface area contributed by atoms with Crippen LogP contribution in [0.1, 0.15) is 24.0 Å². The highest BCUT2D eigenvalue weighted by Gasteiger charge is 2.23. The predicted molar refractivity (Wildman–Crippen MR) is 100 cm³/mol. The Morgan fingerprint density at radius 1 is 1.12 bits per heavy atom. The summed E-state index contributed by atoms with van der Waals surface area (Å²) in [5, 5.41) is 0.836. The van der Waals surface area contributed by atoms with Gasteiger partial charge in [0, 0.05) is 11.8 Å². The fourth-order valence-corrected chi connectivity index (χ4v) is 4.00. The van der Waals surface area contributed by atoms with Crippen molar-refractivity contribution in [2.24, 2.45) is 0 Å². The highest BCUT2D eigenvalue weighted by molar-refractivity contribution is 7.97. The summed E-state index contributed by atoms with van der Waals surface area (Å²) >= 11 is 1.96. The normalized spacial score (nSPS) is 14.6. The highest BCUT2D eigenvalue weighted by atomic mass is 32.2. The van der Waals surface area contributed by atoms with E-state index in [9.17, 15) is 4.79 Å². The minimum absolute atomic E-state index is 0.0548. The first-order valence-electron chi connectivity index (χ1n) is 8.32. The molecule has 0 aliphatic heterocycles. The Hall–Kier alpha value is -1.98. The predicted octanol–water partition coefficient (Wildman–Crippen LogP) is 3.62. The van der Waals surface area contributed by atoms with Gasteiger partial charge in [-0.25, -0.2) is 9.10 Å². The molecule has 0 spiro atoms. The Morgan fingerprint density at radius 2 is 1.83 bits per heavy atom. The Balaban J connectivity index is 1.48. The van der Waals surface area contributed by atoms with Crippen LogP contribution < -0.4 is 5.69 Å². The molecule has 124 valence electrons. The van der Waals surface area contributed by atoms with Crippen LogP contribution in [-0.4, -0.2) is 26.2 Å². The fraction of sp³-hybridized carbons (Fsp3) is 0.316. The molecule has 1 fully saturated rings. The highest BCUT2D eigenvalue weighted by Crippen LogP contribution is 2.36. The number of aromatic nitrogens is 2. The third kappa shape index (κ3) is 3.42. The summed E-state index contributed by atoms with van der Waals surface area (Å²) in [4.78, 5) is 15.1. The van der Waals surface area contributed by atoms with Crippen molar-refractivity contribution in [3.63, 3.8) is 0 Å². The first-order valence-corrected chi connectivity index (χ1v) is 9.16. The van der Waals surface area contributed by atoms with Crippen LogP contribution in [0.3, 0.4) is 0 Å². The topological polar surface area (TPSA) is 41.0 Å². The lowest BCUT2D eigenvalue weighted by atomic mass is 10.1. The number of rotatable bonds is 6. The van der Waals surface area contributed by atoms with Crippen LogP contribution in [0, 0.1) is 0 Å². The van der Waals surface area contributed by atoms with Crippen molar-refractivity contribution in [3.05, 3.63) is 70.1 Å². The van der Waals surface area contributed by atoms with Gasteiger partial charge >= 0.3 is 5.69 Å². The molecule has 4 nitrogen and oxygen atoms in total. The number of nitrogens with zero attached hydrogens (tertiary/aromatic N) is 2. The maximum absolute atomic E-state index is 12.2. The molecule has 5 heteroatoms. The standard InChI is InChI=1S/C19H21N3OS/c1-21(24-16-10-11-16)12-14-6-8-15(9-7-14)13-22-18-5-3-2-4-17(18)20-19(22)23/h2-9,16H,10-13H2,1H3,(H,20,23). The van der Waals surface area contributed by atoms with E-state index in [1.54, 1.807) is 4.57 Å². The molecular weight excluding hydrogens is 318 g/mol. The quantitative estimate of drug-likeness (QED) is 0.697. The molecule has 0 bridgehead atoms. The molecule has 1 aliphatic rings. The lowest BCUT2D eigenvalue weighted by molar-refractivity contribution is 0.563. The molecule has 2 aromatic carbocycles. The van der Waals surface area contributed by atoms with E-state index in [2.05, 4.69) is 40.6 Å². The monoisotopic (exact) mass is 339 g/mol. The first kappa shape index (κ1) is 15.5. The minimum atomic E-state index is -0.0548. The molecule has 1 aromatic heterocycles. The number of nitrogens with one attached hydrogen (secondary N) is 1. The van der Waals surface area contributed by atoms with Gasteiger partial charge in [0.15, 0.2) is 0 Å². The van der Waals surface area contributed by atoms with Gasteiger partial charge in [0.1, 0.15) is 0 Å². The van der Waals surface area contributed by atoms with Crippen molar-refractivity contribution in [3.8, 4) is 0 Å². The van der Waals surface area contributed by atoms with Gasteiger partial charge in [-0.15, -0.1) is 0 Å². The van der Waals surface area contributed by atoms with E-state index in [-0.39, 0.29) is 5.69 Å². The molecule has 0 saturated heterocycles. The maximum atomic E-state index is 12.2. The zero-order valence-electron chi connectivity index (χ0n) is 13.7. The van der Waals surface area contributed by atoms with Gasteiger partial charge in [0.25, 0.3) is 0 Å². The Morgan fingerprint density at radius 3 is 2.58 bits per heavy atom. The number of imidazole rings is 1. The van der Waals surface area contributed by atoms with E-state index in [0.717, 1.165) is 28.4 Å². The van der Waals surface area contributed by atoms with Gasteiger partial charge in [0.05, 0.1) is 17.6 Å². The molecule has 4 rings (SSSR count). The van der Waals surface area contributed by atoms with Crippen molar-refractivity contribution in [2.45, 2.75) is 31.2 Å². The number of fused-ring (bicyclic) bond motifs is 1. The lowest BCUT2D eigenvalue weighted by Crippen LogP contribution is -2.17. The van der Waals surface area contributed by atoms with E-state index < -0.39 is 0 Å². The van der Waals surface area contributed by atoms with Gasteiger partial charge in [-0.05, 0) is 43.1 Å². The molecule has 0 radical (unpaired) electrons. The molecule has 1 N–H and O–H groups in total. The average Bonchev–Trinajstić information content (AvgIpc) is 3.33. The molecule has 1 saturated carbocycles. The van der Waals surface area contributed by atoms with Crippen molar-refractivity contribution in [1.82, 2.24) is 13.9 Å².